The van der Waals surface area contributed by atoms with Crippen LogP contribution in [0, 0.1) is 0 Å². The number of ether oxygens (including phenoxy) is 1. The molecule has 1 aromatic heterocycles. The van der Waals surface area contributed by atoms with Crippen molar-refractivity contribution in [2.24, 2.45) is 0 Å². The molecular formula is C18H22N4O3. The van der Waals surface area contributed by atoms with Gasteiger partial charge in [-0.15, -0.1) is 0 Å². The molecule has 1 amide bonds. The third-order valence-corrected chi connectivity index (χ3v) is 3.62. The van der Waals surface area contributed by atoms with E-state index in [0.29, 0.717) is 22.8 Å². The fourth-order valence-corrected chi connectivity index (χ4v) is 2.28. The van der Waals surface area contributed by atoms with Gasteiger partial charge in [0.2, 0.25) is 5.95 Å². The van der Waals surface area contributed by atoms with E-state index in [1.165, 1.54) is 12.4 Å². The van der Waals surface area contributed by atoms with Gasteiger partial charge in [-0.25, -0.2) is 14.8 Å². The van der Waals surface area contributed by atoms with E-state index < -0.39 is 5.97 Å². The minimum absolute atomic E-state index is 0.266. The topological polar surface area (TPSA) is 84.4 Å². The quantitative estimate of drug-likeness (QED) is 0.779. The average Bonchev–Trinajstić information content (AvgIpc) is 2.64. The van der Waals surface area contributed by atoms with E-state index >= 15 is 0 Å². The largest absolute Gasteiger partial charge is 0.462 e. The predicted octanol–water partition coefficient (Wildman–Crippen LogP) is 2.75. The van der Waals surface area contributed by atoms with E-state index in [2.05, 4.69) is 15.3 Å². The lowest BCUT2D eigenvalue weighted by Gasteiger charge is -2.18. The van der Waals surface area contributed by atoms with Gasteiger partial charge in [0, 0.05) is 25.5 Å². The molecule has 0 aliphatic carbocycles. The summed E-state index contributed by atoms with van der Waals surface area (Å²) >= 11 is 0. The van der Waals surface area contributed by atoms with E-state index in [0.717, 1.165) is 13.1 Å². The normalized spacial score (nSPS) is 10.2. The molecular weight excluding hydrogens is 320 g/mol. The third kappa shape index (κ3) is 4.53. The number of amides is 1. The van der Waals surface area contributed by atoms with Crippen LogP contribution in [-0.4, -0.2) is 41.5 Å². The highest BCUT2D eigenvalue weighted by Crippen LogP contribution is 2.17. The smallest absolute Gasteiger partial charge is 0.340 e. The number of esters is 1. The molecule has 25 heavy (non-hydrogen) atoms. The van der Waals surface area contributed by atoms with E-state index in [1.54, 1.807) is 31.2 Å². The van der Waals surface area contributed by atoms with Crippen molar-refractivity contribution in [3.63, 3.8) is 0 Å². The van der Waals surface area contributed by atoms with Gasteiger partial charge < -0.3 is 15.0 Å². The summed E-state index contributed by atoms with van der Waals surface area (Å²) in [7, 11) is 0. The Kier molecular flexibility index (Phi) is 6.45. The molecule has 0 saturated carbocycles. The first-order valence-corrected chi connectivity index (χ1v) is 8.25. The van der Waals surface area contributed by atoms with E-state index in [-0.39, 0.29) is 12.5 Å². The Bertz CT molecular complexity index is 727. The number of nitrogens with one attached hydrogen (secondary N) is 1. The zero-order valence-electron chi connectivity index (χ0n) is 14.7. The maximum absolute atomic E-state index is 12.4. The molecule has 7 heteroatoms. The van der Waals surface area contributed by atoms with Crippen LogP contribution in [0.1, 0.15) is 41.5 Å². The van der Waals surface area contributed by atoms with Crippen LogP contribution in [0.5, 0.6) is 0 Å². The fourth-order valence-electron chi connectivity index (χ4n) is 2.28. The molecule has 1 heterocycles. The number of hydrogen-bond acceptors (Lipinski definition) is 6. The molecule has 0 atom stereocenters. The van der Waals surface area contributed by atoms with Gasteiger partial charge in [0.25, 0.3) is 5.91 Å². The van der Waals surface area contributed by atoms with E-state index in [9.17, 15) is 9.59 Å². The Balaban J connectivity index is 2.16. The van der Waals surface area contributed by atoms with Crippen LogP contribution in [0.25, 0.3) is 0 Å². The van der Waals surface area contributed by atoms with Crippen LogP contribution in [0.4, 0.5) is 11.6 Å². The van der Waals surface area contributed by atoms with E-state index in [1.807, 2.05) is 18.7 Å². The van der Waals surface area contributed by atoms with Crippen LogP contribution in [0.2, 0.25) is 0 Å². The Labute approximate surface area is 147 Å². The zero-order valence-corrected chi connectivity index (χ0v) is 14.7. The fraction of sp³-hybridized carbons (Fsp3) is 0.333. The molecule has 0 unspecified atom stereocenters. The van der Waals surface area contributed by atoms with Gasteiger partial charge in [-0.3, -0.25) is 4.79 Å². The molecule has 7 nitrogen and oxygen atoms in total. The van der Waals surface area contributed by atoms with Crippen molar-refractivity contribution in [1.29, 1.82) is 0 Å². The Hall–Kier alpha value is -2.96. The lowest BCUT2D eigenvalue weighted by Crippen LogP contribution is -2.24. The Morgan fingerprint density at radius 1 is 1.08 bits per heavy atom. The zero-order chi connectivity index (χ0) is 18.2. The molecule has 0 bridgehead atoms. The number of carbonyl (C=O) groups excluding carboxylic acids is 2. The highest BCUT2D eigenvalue weighted by atomic mass is 16.5. The first-order chi connectivity index (χ1) is 12.1. The number of aromatic nitrogens is 2. The van der Waals surface area contributed by atoms with Crippen LogP contribution < -0.4 is 10.2 Å². The number of anilines is 2. The predicted molar refractivity (Wildman–Crippen MR) is 95.9 cm³/mol. The Morgan fingerprint density at radius 2 is 1.72 bits per heavy atom. The van der Waals surface area contributed by atoms with Gasteiger partial charge in [-0.2, -0.15) is 0 Å². The van der Waals surface area contributed by atoms with Crippen molar-refractivity contribution >= 4 is 23.5 Å². The van der Waals surface area contributed by atoms with Crippen molar-refractivity contribution in [2.45, 2.75) is 20.8 Å². The van der Waals surface area contributed by atoms with E-state index in [4.69, 9.17) is 4.74 Å². The van der Waals surface area contributed by atoms with Crippen molar-refractivity contribution in [3.05, 3.63) is 47.8 Å². The van der Waals surface area contributed by atoms with Gasteiger partial charge >= 0.3 is 5.97 Å². The highest BCUT2D eigenvalue weighted by Gasteiger charge is 2.15. The molecule has 0 fully saturated rings. The minimum Gasteiger partial charge on any atom is -0.462 e. The van der Waals surface area contributed by atoms with Crippen LogP contribution >= 0.6 is 0 Å². The summed E-state index contributed by atoms with van der Waals surface area (Å²) in [6.07, 6.45) is 2.95. The average molecular weight is 342 g/mol. The number of carbonyl (C=O) groups is 2. The molecule has 0 aliphatic heterocycles. The SMILES string of the molecule is CCOC(=O)c1ccccc1NC(=O)c1cnc(N(CC)CC)nc1. The minimum atomic E-state index is -0.480. The maximum atomic E-state index is 12.4. The number of nitrogens with zero attached hydrogens (tertiary/aromatic N) is 3. The summed E-state index contributed by atoms with van der Waals surface area (Å²) in [6, 6.07) is 6.70. The summed E-state index contributed by atoms with van der Waals surface area (Å²) < 4.78 is 5.00. The monoisotopic (exact) mass is 342 g/mol. The van der Waals surface area contributed by atoms with Crippen molar-refractivity contribution in [3.8, 4) is 0 Å². The number of rotatable bonds is 7. The second-order valence-electron chi connectivity index (χ2n) is 5.16. The third-order valence-electron chi connectivity index (χ3n) is 3.62. The highest BCUT2D eigenvalue weighted by molar-refractivity contribution is 6.07. The van der Waals surface area contributed by atoms with Gasteiger partial charge in [-0.05, 0) is 32.9 Å². The first-order valence-electron chi connectivity index (χ1n) is 8.25. The number of para-hydroxylation sites is 1. The molecule has 0 spiro atoms. The molecule has 0 aliphatic rings. The summed E-state index contributed by atoms with van der Waals surface area (Å²) in [5.41, 5.74) is 1.01. The molecule has 0 saturated heterocycles. The number of hydrogen-bond donors (Lipinski definition) is 1. The molecule has 1 N–H and O–H groups in total. The lowest BCUT2D eigenvalue weighted by atomic mass is 10.1. The molecule has 2 rings (SSSR count). The molecule has 1 aromatic carbocycles. The van der Waals surface area contributed by atoms with Gasteiger partial charge in [0.05, 0.1) is 23.4 Å². The maximum Gasteiger partial charge on any atom is 0.340 e. The first kappa shape index (κ1) is 18.4. The second-order valence-corrected chi connectivity index (χ2v) is 5.16. The van der Waals surface area contributed by atoms with Gasteiger partial charge in [-0.1, -0.05) is 12.1 Å². The summed E-state index contributed by atoms with van der Waals surface area (Å²) in [5.74, 6) is -0.289. The van der Waals surface area contributed by atoms with Gasteiger partial charge in [0.1, 0.15) is 0 Å². The second kappa shape index (κ2) is 8.77. The van der Waals surface area contributed by atoms with Crippen LogP contribution in [0.15, 0.2) is 36.7 Å². The molecule has 132 valence electrons. The molecule has 0 radical (unpaired) electrons. The Morgan fingerprint density at radius 3 is 2.32 bits per heavy atom. The van der Waals surface area contributed by atoms with Crippen molar-refractivity contribution < 1.29 is 14.3 Å². The van der Waals surface area contributed by atoms with Gasteiger partial charge in [0.15, 0.2) is 0 Å². The van der Waals surface area contributed by atoms with Crippen molar-refractivity contribution in [1.82, 2.24) is 9.97 Å². The molecule has 2 aromatic rings. The van der Waals surface area contributed by atoms with Crippen molar-refractivity contribution in [2.75, 3.05) is 29.9 Å². The lowest BCUT2D eigenvalue weighted by molar-refractivity contribution is 0.0527. The van der Waals surface area contributed by atoms with Crippen LogP contribution in [0.3, 0.4) is 0 Å². The number of benzene rings is 1. The van der Waals surface area contributed by atoms with Crippen LogP contribution in [-0.2, 0) is 4.74 Å². The summed E-state index contributed by atoms with van der Waals surface area (Å²) in [5, 5.41) is 2.71. The standard InChI is InChI=1S/C18H22N4O3/c1-4-22(5-2)18-19-11-13(12-20-18)16(23)21-15-10-8-7-9-14(15)17(24)25-6-3/h7-12H,4-6H2,1-3H3,(H,21,23). The summed E-state index contributed by atoms with van der Waals surface area (Å²) in [4.78, 5) is 34.8. The summed E-state index contributed by atoms with van der Waals surface area (Å²) in [6.45, 7) is 7.60.